The molecular weight excluding hydrogens is 550 g/mol. The van der Waals surface area contributed by atoms with Crippen molar-refractivity contribution in [1.29, 1.82) is 0 Å². The first-order chi connectivity index (χ1) is 17.5. The second-order valence-corrected chi connectivity index (χ2v) is 15.5. The highest BCUT2D eigenvalue weighted by molar-refractivity contribution is 9.10. The average Bonchev–Trinajstić information content (AvgIpc) is 3.55. The molecule has 1 aromatic carbocycles. The molecule has 204 valence electrons. The van der Waals surface area contributed by atoms with Crippen LogP contribution in [0.4, 0.5) is 0 Å². The number of fused-ring (bicyclic) bond motifs is 4. The molecule has 4 aliphatic rings. The minimum atomic E-state index is -3.51. The fraction of sp³-hybridized carbons (Fsp3) is 0.700. The number of hydrogen-bond donors (Lipinski definition) is 1. The van der Waals surface area contributed by atoms with Gasteiger partial charge in [-0.1, -0.05) is 48.9 Å². The van der Waals surface area contributed by atoms with E-state index >= 15 is 0 Å². The van der Waals surface area contributed by atoms with E-state index in [1.807, 2.05) is 0 Å². The third kappa shape index (κ3) is 5.21. The molecule has 0 spiro atoms. The van der Waals surface area contributed by atoms with Gasteiger partial charge in [0.1, 0.15) is 6.10 Å². The lowest BCUT2D eigenvalue weighted by Crippen LogP contribution is -2.38. The number of esters is 1. The van der Waals surface area contributed by atoms with Crippen LogP contribution in [0.3, 0.4) is 0 Å². The highest BCUT2D eigenvalue weighted by Crippen LogP contribution is 2.66. The first-order valence-electron chi connectivity index (χ1n) is 14.1. The summed E-state index contributed by atoms with van der Waals surface area (Å²) in [5.74, 6) is 2.61. The smallest absolute Gasteiger partial charge is 0.306 e. The maximum atomic E-state index is 12.8. The number of carbonyl (C=O) groups is 1. The van der Waals surface area contributed by atoms with E-state index in [0.717, 1.165) is 30.2 Å². The van der Waals surface area contributed by atoms with E-state index in [9.17, 15) is 13.2 Å². The number of carbonyl (C=O) groups excluding carboxylic acids is 1. The van der Waals surface area contributed by atoms with Crippen LogP contribution in [0, 0.1) is 40.4 Å². The van der Waals surface area contributed by atoms with Crippen molar-refractivity contribution in [2.45, 2.75) is 89.6 Å². The first-order valence-corrected chi connectivity index (χ1v) is 16.4. The minimum Gasteiger partial charge on any atom is -0.462 e. The standard InChI is InChI=1S/C30H42BrNO4S/c1-29(2)22-15-16-30(29,3)27(18-22)36-28(33)8-6-4-5-7-25-20-9-10-21(17-20)26(25)19-32-37(34,35)24-13-11-23(31)12-14-24/h5,7,11-14,20-22,25-27,32H,4,6,8-10,15-19H2,1-3H3/b7-5-. The Balaban J connectivity index is 1.09. The van der Waals surface area contributed by atoms with E-state index in [0.29, 0.717) is 47.5 Å². The summed E-state index contributed by atoms with van der Waals surface area (Å²) in [4.78, 5) is 12.9. The lowest BCUT2D eigenvalue weighted by molar-refractivity contribution is -0.157. The molecule has 4 fully saturated rings. The van der Waals surface area contributed by atoms with Gasteiger partial charge in [-0.15, -0.1) is 0 Å². The fourth-order valence-corrected chi connectivity index (χ4v) is 9.44. The SMILES string of the molecule is CC1(C)C2CCC1(C)C(OC(=O)CCC/C=C\C1C3CCC(C3)C1CNS(=O)(=O)c1ccc(Br)cc1)C2. The van der Waals surface area contributed by atoms with Gasteiger partial charge < -0.3 is 4.74 Å². The topological polar surface area (TPSA) is 72.5 Å². The molecule has 0 amide bonds. The molecule has 7 heteroatoms. The Morgan fingerprint density at radius 2 is 1.84 bits per heavy atom. The molecule has 0 aliphatic heterocycles. The molecule has 7 unspecified atom stereocenters. The second kappa shape index (κ2) is 10.4. The van der Waals surface area contributed by atoms with Crippen molar-refractivity contribution in [1.82, 2.24) is 4.72 Å². The van der Waals surface area contributed by atoms with Crippen LogP contribution in [0.15, 0.2) is 45.8 Å². The van der Waals surface area contributed by atoms with Crippen molar-refractivity contribution in [2.75, 3.05) is 6.54 Å². The lowest BCUT2D eigenvalue weighted by atomic mass is 9.70. The van der Waals surface area contributed by atoms with E-state index in [2.05, 4.69) is 53.6 Å². The maximum absolute atomic E-state index is 12.8. The number of halogens is 1. The summed E-state index contributed by atoms with van der Waals surface area (Å²) in [6.45, 7) is 7.49. The Morgan fingerprint density at radius 3 is 2.51 bits per heavy atom. The average molecular weight is 593 g/mol. The fourth-order valence-electron chi connectivity index (χ4n) is 8.10. The summed E-state index contributed by atoms with van der Waals surface area (Å²) in [5.41, 5.74) is 0.368. The van der Waals surface area contributed by atoms with Gasteiger partial charge in [0, 0.05) is 22.9 Å². The highest BCUT2D eigenvalue weighted by atomic mass is 79.9. The van der Waals surface area contributed by atoms with Crippen LogP contribution in [0.1, 0.15) is 78.6 Å². The van der Waals surface area contributed by atoms with Gasteiger partial charge in [-0.25, -0.2) is 13.1 Å². The van der Waals surface area contributed by atoms with Crippen molar-refractivity contribution in [3.05, 3.63) is 40.9 Å². The molecule has 0 aromatic heterocycles. The summed E-state index contributed by atoms with van der Waals surface area (Å²) >= 11 is 3.36. The first kappa shape index (κ1) is 27.4. The molecule has 0 radical (unpaired) electrons. The molecule has 1 N–H and O–H groups in total. The Kier molecular flexibility index (Phi) is 7.71. The summed E-state index contributed by atoms with van der Waals surface area (Å²) in [7, 11) is -3.51. The molecule has 0 saturated heterocycles. The number of nitrogens with one attached hydrogen (secondary N) is 1. The summed E-state index contributed by atoms with van der Waals surface area (Å²) in [6.07, 6.45) is 13.8. The number of sulfonamides is 1. The van der Waals surface area contributed by atoms with Gasteiger partial charge >= 0.3 is 5.97 Å². The largest absolute Gasteiger partial charge is 0.462 e. The molecule has 5 rings (SSSR count). The number of benzene rings is 1. The molecule has 4 bridgehead atoms. The summed E-state index contributed by atoms with van der Waals surface area (Å²) in [6, 6.07) is 6.78. The molecule has 4 aliphatic carbocycles. The van der Waals surface area contributed by atoms with Gasteiger partial charge in [0.25, 0.3) is 0 Å². The van der Waals surface area contributed by atoms with Gasteiger partial charge in [0.05, 0.1) is 4.90 Å². The van der Waals surface area contributed by atoms with Crippen LogP contribution >= 0.6 is 15.9 Å². The Labute approximate surface area is 231 Å². The zero-order valence-electron chi connectivity index (χ0n) is 22.4. The van der Waals surface area contributed by atoms with Gasteiger partial charge in [-0.05, 0) is 111 Å². The molecule has 4 saturated carbocycles. The van der Waals surface area contributed by atoms with Gasteiger partial charge in [-0.2, -0.15) is 0 Å². The van der Waals surface area contributed by atoms with Crippen LogP contribution in [0.25, 0.3) is 0 Å². The molecule has 5 nitrogen and oxygen atoms in total. The molecule has 0 heterocycles. The number of allylic oxidation sites excluding steroid dienone is 2. The Morgan fingerprint density at radius 1 is 1.11 bits per heavy atom. The van der Waals surface area contributed by atoms with Crippen molar-refractivity contribution >= 4 is 31.9 Å². The van der Waals surface area contributed by atoms with Crippen LogP contribution in [0.2, 0.25) is 0 Å². The molecule has 7 atom stereocenters. The van der Waals surface area contributed by atoms with Gasteiger partial charge in [0.15, 0.2) is 0 Å². The zero-order chi connectivity index (χ0) is 26.4. The summed E-state index contributed by atoms with van der Waals surface area (Å²) in [5, 5.41) is 0. The van der Waals surface area contributed by atoms with E-state index in [1.54, 1.807) is 24.3 Å². The second-order valence-electron chi connectivity index (χ2n) is 12.8. The van der Waals surface area contributed by atoms with E-state index in [4.69, 9.17) is 4.74 Å². The van der Waals surface area contributed by atoms with Crippen molar-refractivity contribution in [2.24, 2.45) is 40.4 Å². The van der Waals surface area contributed by atoms with Crippen molar-refractivity contribution < 1.29 is 17.9 Å². The highest BCUT2D eigenvalue weighted by Gasteiger charge is 2.62. The quantitative estimate of drug-likeness (QED) is 0.183. The van der Waals surface area contributed by atoms with Crippen molar-refractivity contribution in [3.8, 4) is 0 Å². The van der Waals surface area contributed by atoms with Gasteiger partial charge in [-0.3, -0.25) is 4.79 Å². The number of hydrogen-bond acceptors (Lipinski definition) is 4. The zero-order valence-corrected chi connectivity index (χ0v) is 24.8. The van der Waals surface area contributed by atoms with E-state index in [-0.39, 0.29) is 22.9 Å². The van der Waals surface area contributed by atoms with Crippen molar-refractivity contribution in [3.63, 3.8) is 0 Å². The van der Waals surface area contributed by atoms with E-state index in [1.165, 1.54) is 25.7 Å². The third-order valence-electron chi connectivity index (χ3n) is 10.9. The number of ether oxygens (including phenoxy) is 1. The van der Waals surface area contributed by atoms with Crippen LogP contribution in [-0.2, 0) is 19.6 Å². The molecule has 1 aromatic rings. The Bertz CT molecular complexity index is 1130. The maximum Gasteiger partial charge on any atom is 0.306 e. The third-order valence-corrected chi connectivity index (χ3v) is 12.9. The van der Waals surface area contributed by atoms with Crippen LogP contribution < -0.4 is 4.72 Å². The molecular formula is C30H42BrNO4S. The minimum absolute atomic E-state index is 0.0527. The van der Waals surface area contributed by atoms with Crippen LogP contribution in [-0.4, -0.2) is 27.0 Å². The monoisotopic (exact) mass is 591 g/mol. The normalized spacial score (nSPS) is 36.0. The van der Waals surface area contributed by atoms with Gasteiger partial charge in [0.2, 0.25) is 10.0 Å². The van der Waals surface area contributed by atoms with E-state index < -0.39 is 10.0 Å². The lowest BCUT2D eigenvalue weighted by Gasteiger charge is -2.38. The molecule has 37 heavy (non-hydrogen) atoms. The number of rotatable bonds is 10. The number of unbranched alkanes of at least 4 members (excludes halogenated alkanes) is 1. The predicted octanol–water partition coefficient (Wildman–Crippen LogP) is 6.87. The van der Waals surface area contributed by atoms with Crippen LogP contribution in [0.5, 0.6) is 0 Å². The Hall–Kier alpha value is -1.18. The predicted molar refractivity (Wildman–Crippen MR) is 149 cm³/mol. The summed E-state index contributed by atoms with van der Waals surface area (Å²) < 4.78 is 35.4.